The van der Waals surface area contributed by atoms with Crippen molar-refractivity contribution in [2.45, 2.75) is 66.9 Å². The highest BCUT2D eigenvalue weighted by atomic mass is 16.6. The molecule has 1 aliphatic rings. The van der Waals surface area contributed by atoms with E-state index in [1.165, 1.54) is 0 Å². The van der Waals surface area contributed by atoms with Crippen molar-refractivity contribution in [2.24, 2.45) is 28.6 Å². The van der Waals surface area contributed by atoms with Crippen LogP contribution >= 0.6 is 0 Å². The van der Waals surface area contributed by atoms with E-state index < -0.39 is 47.2 Å². The van der Waals surface area contributed by atoms with Crippen molar-refractivity contribution >= 4 is 23.9 Å². The zero-order valence-corrected chi connectivity index (χ0v) is 20.6. The normalized spacial score (nSPS) is 20.9. The molecular weight excluding hydrogens is 428 g/mol. The molecule has 0 heterocycles. The Bertz CT molecular complexity index is 761. The molecule has 4 atom stereocenters. The number of carbonyl (C=O) groups excluding carboxylic acids is 3. The number of hydrogen-bond donors (Lipinski definition) is 1. The summed E-state index contributed by atoms with van der Waals surface area (Å²) in [6, 6.07) is 0. The Hall–Kier alpha value is -2.64. The van der Waals surface area contributed by atoms with Crippen LogP contribution in [0.25, 0.3) is 0 Å². The van der Waals surface area contributed by atoms with Crippen molar-refractivity contribution in [3.63, 3.8) is 0 Å². The molecular formula is C25H38O8. The Balaban J connectivity index is 2.95. The van der Waals surface area contributed by atoms with Gasteiger partial charge in [0.25, 0.3) is 0 Å². The van der Waals surface area contributed by atoms with Crippen molar-refractivity contribution in [3.05, 3.63) is 24.8 Å². The van der Waals surface area contributed by atoms with E-state index in [-0.39, 0.29) is 37.4 Å². The summed E-state index contributed by atoms with van der Waals surface area (Å²) in [5, 5.41) is 9.42. The molecule has 8 heteroatoms. The van der Waals surface area contributed by atoms with E-state index in [1.807, 2.05) is 41.5 Å². The van der Waals surface area contributed by atoms with E-state index in [9.17, 15) is 24.3 Å². The number of aliphatic carboxylic acids is 1. The molecule has 0 aromatic rings. The summed E-state index contributed by atoms with van der Waals surface area (Å²) in [6.07, 6.45) is 4.38. The summed E-state index contributed by atoms with van der Waals surface area (Å²) in [5.41, 5.74) is -0.892. The van der Waals surface area contributed by atoms with Gasteiger partial charge in [0.2, 0.25) is 0 Å². The number of hydrogen-bond acceptors (Lipinski definition) is 7. The second kappa shape index (κ2) is 12.0. The summed E-state index contributed by atoms with van der Waals surface area (Å²) >= 11 is 0. The summed E-state index contributed by atoms with van der Waals surface area (Å²) < 4.78 is 16.0. The number of carbonyl (C=O) groups is 4. The molecule has 0 bridgehead atoms. The molecule has 1 aliphatic carbocycles. The molecule has 0 saturated carbocycles. The van der Waals surface area contributed by atoms with Gasteiger partial charge in [-0.1, -0.05) is 53.3 Å². The van der Waals surface area contributed by atoms with Crippen LogP contribution in [-0.2, 0) is 33.4 Å². The third-order valence-corrected chi connectivity index (χ3v) is 5.95. The van der Waals surface area contributed by atoms with Crippen molar-refractivity contribution in [1.29, 1.82) is 0 Å². The molecule has 0 spiro atoms. The van der Waals surface area contributed by atoms with Crippen LogP contribution in [0.5, 0.6) is 0 Å². The molecule has 8 nitrogen and oxygen atoms in total. The maximum absolute atomic E-state index is 13.0. The molecule has 0 amide bonds. The standard InChI is InChI=1S/C25H38O8/c1-8-20(26)31-13-17(33-22(29)19-12-10-9-11-18(19)21(27)28)14-32-23(30)25(7,16(2)3)15-24(4,5)6/h8-10,16-19H,1,11-15H2,2-7H3,(H,27,28). The second-order valence-corrected chi connectivity index (χ2v) is 10.3. The summed E-state index contributed by atoms with van der Waals surface area (Å²) in [6.45, 7) is 14.5. The Morgan fingerprint density at radius 1 is 1.03 bits per heavy atom. The van der Waals surface area contributed by atoms with Gasteiger partial charge in [0.1, 0.15) is 13.2 Å². The monoisotopic (exact) mass is 466 g/mol. The second-order valence-electron chi connectivity index (χ2n) is 10.3. The maximum Gasteiger partial charge on any atom is 0.330 e. The van der Waals surface area contributed by atoms with Gasteiger partial charge >= 0.3 is 23.9 Å². The number of esters is 3. The minimum atomic E-state index is -1.09. The van der Waals surface area contributed by atoms with Crippen LogP contribution < -0.4 is 0 Å². The minimum Gasteiger partial charge on any atom is -0.481 e. The molecule has 0 saturated heterocycles. The lowest BCUT2D eigenvalue weighted by Crippen LogP contribution is -2.41. The molecule has 1 N–H and O–H groups in total. The zero-order valence-electron chi connectivity index (χ0n) is 20.6. The first-order valence-electron chi connectivity index (χ1n) is 11.3. The van der Waals surface area contributed by atoms with E-state index in [4.69, 9.17) is 14.2 Å². The van der Waals surface area contributed by atoms with Crippen LogP contribution in [0.15, 0.2) is 24.8 Å². The fourth-order valence-electron chi connectivity index (χ4n) is 3.90. The number of rotatable bonds is 11. The summed E-state index contributed by atoms with van der Waals surface area (Å²) in [7, 11) is 0. The third-order valence-electron chi connectivity index (χ3n) is 5.95. The third kappa shape index (κ3) is 8.67. The van der Waals surface area contributed by atoms with Gasteiger partial charge < -0.3 is 19.3 Å². The first kappa shape index (κ1) is 28.4. The lowest BCUT2D eigenvalue weighted by Gasteiger charge is -2.37. The van der Waals surface area contributed by atoms with Crippen molar-refractivity contribution in [1.82, 2.24) is 0 Å². The number of ether oxygens (including phenoxy) is 3. The van der Waals surface area contributed by atoms with E-state index in [2.05, 4.69) is 6.58 Å². The molecule has 4 unspecified atom stereocenters. The quantitative estimate of drug-likeness (QED) is 0.211. The molecule has 0 aromatic carbocycles. The maximum atomic E-state index is 13.0. The Labute approximate surface area is 196 Å². The lowest BCUT2D eigenvalue weighted by atomic mass is 9.69. The van der Waals surface area contributed by atoms with Crippen LogP contribution in [0, 0.1) is 28.6 Å². The van der Waals surface area contributed by atoms with Crippen LogP contribution in [0.4, 0.5) is 0 Å². The fourth-order valence-corrected chi connectivity index (χ4v) is 3.90. The van der Waals surface area contributed by atoms with Gasteiger partial charge in [0, 0.05) is 6.08 Å². The highest BCUT2D eigenvalue weighted by molar-refractivity contribution is 5.82. The number of carboxylic acid groups (broad SMARTS) is 1. The minimum absolute atomic E-state index is 0.00540. The molecule has 0 aliphatic heterocycles. The number of allylic oxidation sites excluding steroid dienone is 2. The first-order valence-corrected chi connectivity index (χ1v) is 11.3. The molecule has 186 valence electrons. The topological polar surface area (TPSA) is 116 Å². The summed E-state index contributed by atoms with van der Waals surface area (Å²) in [4.78, 5) is 48.8. The van der Waals surface area contributed by atoms with Crippen molar-refractivity contribution in [3.8, 4) is 0 Å². The Morgan fingerprint density at radius 3 is 2.06 bits per heavy atom. The van der Waals surface area contributed by atoms with Crippen molar-refractivity contribution < 1.29 is 38.5 Å². The van der Waals surface area contributed by atoms with Crippen LogP contribution in [0.2, 0.25) is 0 Å². The van der Waals surface area contributed by atoms with Crippen LogP contribution in [0.1, 0.15) is 60.8 Å². The lowest BCUT2D eigenvalue weighted by molar-refractivity contribution is -0.176. The van der Waals surface area contributed by atoms with Gasteiger partial charge in [0.05, 0.1) is 17.3 Å². The highest BCUT2D eigenvalue weighted by Gasteiger charge is 2.42. The smallest absolute Gasteiger partial charge is 0.330 e. The van der Waals surface area contributed by atoms with Gasteiger partial charge in [-0.25, -0.2) is 4.79 Å². The van der Waals surface area contributed by atoms with Crippen molar-refractivity contribution in [2.75, 3.05) is 13.2 Å². The van der Waals surface area contributed by atoms with Gasteiger partial charge in [-0.3, -0.25) is 14.4 Å². The average molecular weight is 467 g/mol. The fraction of sp³-hybridized carbons (Fsp3) is 0.680. The zero-order chi connectivity index (χ0) is 25.4. The highest BCUT2D eigenvalue weighted by Crippen LogP contribution is 2.40. The van der Waals surface area contributed by atoms with Crippen LogP contribution in [-0.4, -0.2) is 48.3 Å². The molecule has 0 aromatic heterocycles. The van der Waals surface area contributed by atoms with Gasteiger partial charge in [-0.2, -0.15) is 0 Å². The summed E-state index contributed by atoms with van der Waals surface area (Å²) in [5.74, 6) is -4.76. The van der Waals surface area contributed by atoms with Gasteiger partial charge in [-0.05, 0) is 37.5 Å². The first-order chi connectivity index (χ1) is 15.2. The van der Waals surface area contributed by atoms with E-state index in [1.54, 1.807) is 12.2 Å². The molecule has 33 heavy (non-hydrogen) atoms. The SMILES string of the molecule is C=CC(=O)OCC(COC(=O)C(C)(CC(C)(C)C)C(C)C)OC(=O)C1CC=CCC1C(=O)O. The molecule has 1 rings (SSSR count). The predicted octanol–water partition coefficient (Wildman–Crippen LogP) is 3.94. The predicted molar refractivity (Wildman–Crippen MR) is 122 cm³/mol. The Kier molecular flexibility index (Phi) is 10.3. The van der Waals surface area contributed by atoms with Gasteiger partial charge in [-0.15, -0.1) is 0 Å². The Morgan fingerprint density at radius 2 is 1.58 bits per heavy atom. The van der Waals surface area contributed by atoms with Gasteiger partial charge in [0.15, 0.2) is 6.10 Å². The van der Waals surface area contributed by atoms with Crippen LogP contribution in [0.3, 0.4) is 0 Å². The largest absolute Gasteiger partial charge is 0.481 e. The molecule has 0 radical (unpaired) electrons. The van der Waals surface area contributed by atoms with E-state index >= 15 is 0 Å². The number of carboxylic acids is 1. The molecule has 0 fully saturated rings. The van der Waals surface area contributed by atoms with E-state index in [0.717, 1.165) is 6.08 Å². The average Bonchev–Trinajstić information content (AvgIpc) is 2.73. The van der Waals surface area contributed by atoms with E-state index in [0.29, 0.717) is 6.42 Å².